The van der Waals surface area contributed by atoms with Crippen molar-refractivity contribution in [3.8, 4) is 0 Å². The summed E-state index contributed by atoms with van der Waals surface area (Å²) >= 11 is 0. The highest BCUT2D eigenvalue weighted by Crippen LogP contribution is 2.27. The molecular formula is C24H23NO5. The first kappa shape index (κ1) is 19.9. The summed E-state index contributed by atoms with van der Waals surface area (Å²) < 4.78 is 10.7. The summed E-state index contributed by atoms with van der Waals surface area (Å²) in [5.74, 6) is -1.07. The fourth-order valence-electron chi connectivity index (χ4n) is 3.75. The van der Waals surface area contributed by atoms with Crippen molar-refractivity contribution in [2.75, 3.05) is 11.4 Å². The minimum Gasteiger partial charge on any atom is -0.461 e. The van der Waals surface area contributed by atoms with Crippen molar-refractivity contribution in [2.45, 2.75) is 33.3 Å². The normalized spacial score (nSPS) is 16.3. The molecule has 0 saturated carbocycles. The van der Waals surface area contributed by atoms with Crippen molar-refractivity contribution in [1.82, 2.24) is 0 Å². The lowest BCUT2D eigenvalue weighted by Crippen LogP contribution is -2.26. The van der Waals surface area contributed by atoms with E-state index in [0.29, 0.717) is 17.7 Å². The summed E-state index contributed by atoms with van der Waals surface area (Å²) in [6.07, 6.45) is 1.04. The summed E-state index contributed by atoms with van der Waals surface area (Å²) in [6, 6.07) is 14.7. The van der Waals surface area contributed by atoms with Crippen LogP contribution in [0.25, 0.3) is 11.0 Å². The molecule has 1 aromatic heterocycles. The van der Waals surface area contributed by atoms with Crippen LogP contribution in [0, 0.1) is 12.8 Å². The molecule has 0 unspecified atom stereocenters. The van der Waals surface area contributed by atoms with Gasteiger partial charge < -0.3 is 14.1 Å². The predicted molar refractivity (Wildman–Crippen MR) is 113 cm³/mol. The number of carbonyl (C=O) groups is 2. The lowest BCUT2D eigenvalue weighted by atomic mass is 10.1. The van der Waals surface area contributed by atoms with Crippen molar-refractivity contribution >= 4 is 28.5 Å². The Morgan fingerprint density at radius 2 is 1.90 bits per heavy atom. The Hall–Kier alpha value is -3.41. The first-order chi connectivity index (χ1) is 14.4. The smallest absolute Gasteiger partial charge is 0.336 e. The summed E-state index contributed by atoms with van der Waals surface area (Å²) in [5.41, 5.74) is 3.51. The monoisotopic (exact) mass is 405 g/mol. The van der Waals surface area contributed by atoms with E-state index in [9.17, 15) is 14.4 Å². The molecule has 0 bridgehead atoms. The van der Waals surface area contributed by atoms with Crippen LogP contribution in [0.15, 0.2) is 57.7 Å². The highest BCUT2D eigenvalue weighted by atomic mass is 16.5. The fourth-order valence-corrected chi connectivity index (χ4v) is 3.75. The lowest BCUT2D eigenvalue weighted by molar-refractivity contribution is -0.149. The molecule has 3 aromatic rings. The second-order valence-corrected chi connectivity index (χ2v) is 7.62. The topological polar surface area (TPSA) is 76.8 Å². The van der Waals surface area contributed by atoms with E-state index in [1.165, 1.54) is 11.6 Å². The molecule has 30 heavy (non-hydrogen) atoms. The molecule has 1 amide bonds. The SMILES string of the molecule is CCc1ccc(N2C[C@@H](C(=O)OCc3cc(=O)oc4cc(C)ccc34)CC2=O)cc1. The Bertz CT molecular complexity index is 1160. The number of rotatable bonds is 5. The summed E-state index contributed by atoms with van der Waals surface area (Å²) in [7, 11) is 0. The third-order valence-corrected chi connectivity index (χ3v) is 5.47. The van der Waals surface area contributed by atoms with Crippen molar-refractivity contribution in [3.05, 3.63) is 75.6 Å². The number of hydrogen-bond acceptors (Lipinski definition) is 5. The van der Waals surface area contributed by atoms with Crippen molar-refractivity contribution < 1.29 is 18.7 Å². The van der Waals surface area contributed by atoms with Crippen molar-refractivity contribution in [1.29, 1.82) is 0 Å². The number of aryl methyl sites for hydroxylation is 2. The van der Waals surface area contributed by atoms with E-state index in [4.69, 9.17) is 9.15 Å². The zero-order valence-electron chi connectivity index (χ0n) is 17.0. The average Bonchev–Trinajstić information content (AvgIpc) is 3.13. The Balaban J connectivity index is 1.45. The fraction of sp³-hybridized carbons (Fsp3) is 0.292. The molecule has 1 saturated heterocycles. The van der Waals surface area contributed by atoms with Crippen LogP contribution in [0.5, 0.6) is 0 Å². The maximum atomic E-state index is 12.6. The molecule has 0 radical (unpaired) electrons. The highest BCUT2D eigenvalue weighted by Gasteiger charge is 2.36. The van der Waals surface area contributed by atoms with Gasteiger partial charge in [0.05, 0.1) is 5.92 Å². The third-order valence-electron chi connectivity index (χ3n) is 5.47. The van der Waals surface area contributed by atoms with E-state index in [2.05, 4.69) is 6.92 Å². The van der Waals surface area contributed by atoms with E-state index >= 15 is 0 Å². The van der Waals surface area contributed by atoms with E-state index in [1.807, 2.05) is 43.3 Å². The Labute approximate surface area is 174 Å². The van der Waals surface area contributed by atoms with Crippen LogP contribution in [0.3, 0.4) is 0 Å². The average molecular weight is 405 g/mol. The summed E-state index contributed by atoms with van der Waals surface area (Å²) in [5, 5.41) is 0.730. The van der Waals surface area contributed by atoms with E-state index < -0.39 is 17.5 Å². The van der Waals surface area contributed by atoms with Crippen molar-refractivity contribution in [3.63, 3.8) is 0 Å². The molecule has 2 aromatic carbocycles. The predicted octanol–water partition coefficient (Wildman–Crippen LogP) is 3.76. The van der Waals surface area contributed by atoms with Gasteiger partial charge in [-0.1, -0.05) is 31.2 Å². The van der Waals surface area contributed by atoms with Crippen LogP contribution in [0.2, 0.25) is 0 Å². The number of hydrogen-bond donors (Lipinski definition) is 0. The number of ether oxygens (including phenoxy) is 1. The van der Waals surface area contributed by atoms with Gasteiger partial charge in [0, 0.05) is 35.7 Å². The molecule has 6 heteroatoms. The maximum absolute atomic E-state index is 12.6. The number of fused-ring (bicyclic) bond motifs is 1. The van der Waals surface area contributed by atoms with Crippen LogP contribution in [-0.4, -0.2) is 18.4 Å². The van der Waals surface area contributed by atoms with Gasteiger partial charge in [0.1, 0.15) is 12.2 Å². The van der Waals surface area contributed by atoms with Crippen LogP contribution in [0.1, 0.15) is 30.0 Å². The minimum atomic E-state index is -0.531. The van der Waals surface area contributed by atoms with Gasteiger partial charge in [-0.2, -0.15) is 0 Å². The Kier molecular flexibility index (Phi) is 5.40. The molecule has 4 rings (SSSR count). The first-order valence-electron chi connectivity index (χ1n) is 10.0. The van der Waals surface area contributed by atoms with Gasteiger partial charge in [-0.3, -0.25) is 9.59 Å². The van der Waals surface area contributed by atoms with Gasteiger partial charge in [0.2, 0.25) is 5.91 Å². The second-order valence-electron chi connectivity index (χ2n) is 7.62. The third kappa shape index (κ3) is 3.99. The van der Waals surface area contributed by atoms with Gasteiger partial charge >= 0.3 is 11.6 Å². The molecule has 6 nitrogen and oxygen atoms in total. The number of nitrogens with zero attached hydrogens (tertiary/aromatic N) is 1. The molecule has 0 spiro atoms. The van der Waals surface area contributed by atoms with E-state index in [1.54, 1.807) is 11.0 Å². The minimum absolute atomic E-state index is 0.0418. The van der Waals surface area contributed by atoms with Crippen LogP contribution >= 0.6 is 0 Å². The molecule has 1 fully saturated rings. The molecule has 2 heterocycles. The molecule has 1 aliphatic heterocycles. The molecule has 0 N–H and O–H groups in total. The van der Waals surface area contributed by atoms with Crippen LogP contribution in [0.4, 0.5) is 5.69 Å². The zero-order valence-corrected chi connectivity index (χ0v) is 17.0. The lowest BCUT2D eigenvalue weighted by Gasteiger charge is -2.17. The van der Waals surface area contributed by atoms with Gasteiger partial charge in [0.15, 0.2) is 0 Å². The van der Waals surface area contributed by atoms with Gasteiger partial charge in [-0.25, -0.2) is 4.79 Å². The number of carbonyl (C=O) groups excluding carboxylic acids is 2. The standard InChI is InChI=1S/C24H23NO5/c1-3-16-5-7-19(8-6-16)25-13-17(11-22(25)26)24(28)29-14-18-12-23(27)30-21-10-15(2)4-9-20(18)21/h4-10,12,17H,3,11,13-14H2,1-2H3/t17-/m0/s1. The molecular weight excluding hydrogens is 382 g/mol. The number of esters is 1. The summed E-state index contributed by atoms with van der Waals surface area (Å²) in [6.45, 7) is 4.23. The van der Waals surface area contributed by atoms with Crippen LogP contribution < -0.4 is 10.5 Å². The molecule has 1 aliphatic rings. The maximum Gasteiger partial charge on any atom is 0.336 e. The Morgan fingerprint density at radius 1 is 1.13 bits per heavy atom. The molecule has 154 valence electrons. The van der Waals surface area contributed by atoms with Gasteiger partial charge in [0.25, 0.3) is 0 Å². The van der Waals surface area contributed by atoms with Crippen molar-refractivity contribution in [2.24, 2.45) is 5.92 Å². The summed E-state index contributed by atoms with van der Waals surface area (Å²) in [4.78, 5) is 38.5. The molecule has 1 atom stereocenters. The first-order valence-corrected chi connectivity index (χ1v) is 10.0. The largest absolute Gasteiger partial charge is 0.461 e. The van der Waals surface area contributed by atoms with Crippen LogP contribution in [-0.2, 0) is 27.4 Å². The second kappa shape index (κ2) is 8.14. The van der Waals surface area contributed by atoms with Gasteiger partial charge in [-0.05, 0) is 42.7 Å². The number of benzene rings is 2. The van der Waals surface area contributed by atoms with Gasteiger partial charge in [-0.15, -0.1) is 0 Å². The number of amides is 1. The quantitative estimate of drug-likeness (QED) is 0.477. The zero-order chi connectivity index (χ0) is 21.3. The highest BCUT2D eigenvalue weighted by molar-refractivity contribution is 5.99. The van der Waals surface area contributed by atoms with E-state index in [0.717, 1.165) is 23.1 Å². The Morgan fingerprint density at radius 3 is 2.63 bits per heavy atom. The van der Waals surface area contributed by atoms with E-state index in [-0.39, 0.29) is 18.9 Å². The molecule has 0 aliphatic carbocycles. The number of anilines is 1.